The van der Waals surface area contributed by atoms with Gasteiger partial charge in [-0.1, -0.05) is 6.42 Å². The highest BCUT2D eigenvalue weighted by atomic mass is 28.4. The third-order valence-corrected chi connectivity index (χ3v) is 6.16. The van der Waals surface area contributed by atoms with Gasteiger partial charge in [-0.15, -0.1) is 0 Å². The Morgan fingerprint density at radius 3 is 2.20 bits per heavy atom. The van der Waals surface area contributed by atoms with E-state index in [-0.39, 0.29) is 5.97 Å². The topological polar surface area (TPSA) is 56.8 Å². The number of rotatable bonds is 13. The van der Waals surface area contributed by atoms with E-state index >= 15 is 0 Å². The summed E-state index contributed by atoms with van der Waals surface area (Å²) in [7, 11) is -0.510. The highest BCUT2D eigenvalue weighted by Crippen LogP contribution is 2.16. The number of carbonyl (C=O) groups is 1. The van der Waals surface area contributed by atoms with Crippen molar-refractivity contribution in [1.29, 1.82) is 0 Å². The van der Waals surface area contributed by atoms with Gasteiger partial charge in [-0.05, 0) is 52.4 Å². The van der Waals surface area contributed by atoms with E-state index < -0.39 is 8.56 Å². The number of hydrogen-bond donors (Lipinski definition) is 1. The molecular formula is C14H31NO4Si. The Bertz CT molecular complexity index is 245. The molecule has 0 aromatic carbocycles. The van der Waals surface area contributed by atoms with Gasteiger partial charge in [0.15, 0.2) is 0 Å². The zero-order valence-electron chi connectivity index (χ0n) is 13.5. The first-order valence-electron chi connectivity index (χ1n) is 7.63. The molecule has 5 nitrogen and oxygen atoms in total. The molecule has 0 rings (SSSR count). The quantitative estimate of drug-likeness (QED) is 0.322. The maximum absolute atomic E-state index is 10.9. The highest BCUT2D eigenvalue weighted by molar-refractivity contribution is 6.66. The van der Waals surface area contributed by atoms with Crippen molar-refractivity contribution in [2.24, 2.45) is 0 Å². The van der Waals surface area contributed by atoms with Crippen LogP contribution >= 0.6 is 0 Å². The maximum atomic E-state index is 10.9. The lowest BCUT2D eigenvalue weighted by Crippen LogP contribution is -2.38. The fourth-order valence-electron chi connectivity index (χ4n) is 2.08. The van der Waals surface area contributed by atoms with E-state index in [4.69, 9.17) is 8.85 Å². The molecule has 0 fully saturated rings. The van der Waals surface area contributed by atoms with Gasteiger partial charge in [-0.25, -0.2) is 0 Å². The molecule has 1 N–H and O–H groups in total. The van der Waals surface area contributed by atoms with Crippen LogP contribution in [0.15, 0.2) is 0 Å². The number of unbranched alkanes of at least 4 members (excludes halogenated alkanes) is 1. The molecule has 0 atom stereocenters. The summed E-state index contributed by atoms with van der Waals surface area (Å²) in [4.78, 5) is 10.9. The Morgan fingerprint density at radius 2 is 1.65 bits per heavy atom. The van der Waals surface area contributed by atoms with Gasteiger partial charge in [-0.3, -0.25) is 4.79 Å². The van der Waals surface area contributed by atoms with Crippen molar-refractivity contribution >= 4 is 14.5 Å². The van der Waals surface area contributed by atoms with Crippen molar-refractivity contribution in [1.82, 2.24) is 5.32 Å². The summed E-state index contributed by atoms with van der Waals surface area (Å²) >= 11 is 0. The predicted octanol–water partition coefficient (Wildman–Crippen LogP) is 2.45. The van der Waals surface area contributed by atoms with Crippen LogP contribution in [0.1, 0.15) is 39.5 Å². The second kappa shape index (κ2) is 12.3. The van der Waals surface area contributed by atoms with Crippen LogP contribution in [0, 0.1) is 0 Å². The van der Waals surface area contributed by atoms with Crippen molar-refractivity contribution in [3.8, 4) is 0 Å². The largest absolute Gasteiger partial charge is 0.469 e. The van der Waals surface area contributed by atoms with Crippen molar-refractivity contribution < 1.29 is 18.4 Å². The number of nitrogens with one attached hydrogen (secondary N) is 1. The summed E-state index contributed by atoms with van der Waals surface area (Å²) in [5.41, 5.74) is 0. The van der Waals surface area contributed by atoms with Gasteiger partial charge >= 0.3 is 14.5 Å². The maximum Gasteiger partial charge on any atom is 0.334 e. The second-order valence-electron chi connectivity index (χ2n) is 4.89. The van der Waals surface area contributed by atoms with Gasteiger partial charge in [0, 0.05) is 19.6 Å². The third-order valence-electron chi connectivity index (χ3n) is 3.10. The average molecular weight is 305 g/mol. The van der Waals surface area contributed by atoms with Gasteiger partial charge in [0.1, 0.15) is 0 Å². The van der Waals surface area contributed by atoms with E-state index in [1.165, 1.54) is 7.11 Å². The molecule has 120 valence electrons. The lowest BCUT2D eigenvalue weighted by Gasteiger charge is -2.25. The molecule has 0 aliphatic heterocycles. The molecule has 0 aromatic rings. The number of hydrogen-bond acceptors (Lipinski definition) is 5. The Morgan fingerprint density at radius 1 is 1.05 bits per heavy atom. The Balaban J connectivity index is 3.52. The van der Waals surface area contributed by atoms with Crippen molar-refractivity contribution in [3.63, 3.8) is 0 Å². The molecule has 0 aliphatic carbocycles. The molecule has 0 spiro atoms. The van der Waals surface area contributed by atoms with Crippen LogP contribution < -0.4 is 5.32 Å². The zero-order chi connectivity index (χ0) is 15.3. The van der Waals surface area contributed by atoms with Crippen LogP contribution in [0.3, 0.4) is 0 Å². The molecule has 0 aliphatic rings. The molecule has 0 amide bonds. The summed E-state index contributed by atoms with van der Waals surface area (Å²) in [6.45, 7) is 9.48. The fraction of sp³-hybridized carbons (Fsp3) is 0.929. The highest BCUT2D eigenvalue weighted by Gasteiger charge is 2.29. The van der Waals surface area contributed by atoms with Crippen LogP contribution in [-0.2, 0) is 18.4 Å². The molecule has 20 heavy (non-hydrogen) atoms. The number of ether oxygens (including phenoxy) is 1. The minimum atomic E-state index is -1.93. The summed E-state index contributed by atoms with van der Waals surface area (Å²) in [5, 5.41) is 3.34. The summed E-state index contributed by atoms with van der Waals surface area (Å²) in [5.74, 6) is -0.137. The van der Waals surface area contributed by atoms with E-state index in [0.29, 0.717) is 6.42 Å². The van der Waals surface area contributed by atoms with E-state index in [0.717, 1.165) is 51.6 Å². The molecule has 0 bridgehead atoms. The van der Waals surface area contributed by atoms with Crippen LogP contribution in [0.5, 0.6) is 0 Å². The summed E-state index contributed by atoms with van der Waals surface area (Å²) in [6, 6.07) is 1.04. The summed E-state index contributed by atoms with van der Waals surface area (Å²) in [6.07, 6.45) is 3.55. The second-order valence-corrected chi connectivity index (χ2v) is 8.23. The number of esters is 1. The number of methoxy groups -OCH3 is 1. The molecule has 0 heterocycles. The van der Waals surface area contributed by atoms with E-state index in [2.05, 4.69) is 16.6 Å². The molecule has 0 unspecified atom stereocenters. The fourth-order valence-corrected chi connectivity index (χ4v) is 4.56. The molecule has 6 heteroatoms. The SMILES string of the molecule is CCO[Si](C)(CCCCNCCCC(=O)OC)OCC. The molecule has 0 saturated heterocycles. The first kappa shape index (κ1) is 19.6. The first-order valence-corrected chi connectivity index (χ1v) is 10.2. The smallest absolute Gasteiger partial charge is 0.334 e. The Labute approximate surface area is 124 Å². The monoisotopic (exact) mass is 305 g/mol. The first-order chi connectivity index (χ1) is 9.58. The van der Waals surface area contributed by atoms with Crippen molar-refractivity contribution in [2.45, 2.75) is 52.1 Å². The van der Waals surface area contributed by atoms with E-state index in [9.17, 15) is 4.79 Å². The standard InChI is InChI=1S/C14H31NO4Si/c1-5-18-20(4,19-6-2)13-8-7-11-15-12-9-10-14(16)17-3/h15H,5-13H2,1-4H3. The minimum absolute atomic E-state index is 0.137. The van der Waals surface area contributed by atoms with Crippen molar-refractivity contribution in [2.75, 3.05) is 33.4 Å². The van der Waals surface area contributed by atoms with E-state index in [1.807, 2.05) is 13.8 Å². The third kappa shape index (κ3) is 10.4. The van der Waals surface area contributed by atoms with Gasteiger partial charge in [0.2, 0.25) is 0 Å². The minimum Gasteiger partial charge on any atom is -0.469 e. The Hall–Kier alpha value is -0.433. The van der Waals surface area contributed by atoms with Gasteiger partial charge < -0.3 is 18.9 Å². The normalized spacial score (nSPS) is 11.6. The van der Waals surface area contributed by atoms with Crippen LogP contribution in [0.2, 0.25) is 12.6 Å². The van der Waals surface area contributed by atoms with Crippen LogP contribution in [0.25, 0.3) is 0 Å². The van der Waals surface area contributed by atoms with Crippen molar-refractivity contribution in [3.05, 3.63) is 0 Å². The average Bonchev–Trinajstić information content (AvgIpc) is 2.42. The van der Waals surface area contributed by atoms with Gasteiger partial charge in [0.05, 0.1) is 7.11 Å². The van der Waals surface area contributed by atoms with Gasteiger partial charge in [0.25, 0.3) is 0 Å². The van der Waals surface area contributed by atoms with Crippen LogP contribution in [0.4, 0.5) is 0 Å². The predicted molar refractivity (Wildman–Crippen MR) is 83.0 cm³/mol. The Kier molecular flexibility index (Phi) is 12.1. The zero-order valence-corrected chi connectivity index (χ0v) is 14.5. The molecular weight excluding hydrogens is 274 g/mol. The van der Waals surface area contributed by atoms with E-state index in [1.54, 1.807) is 0 Å². The molecule has 0 saturated carbocycles. The summed E-state index contributed by atoms with van der Waals surface area (Å²) < 4.78 is 16.2. The van der Waals surface area contributed by atoms with Gasteiger partial charge in [-0.2, -0.15) is 0 Å². The lowest BCUT2D eigenvalue weighted by atomic mass is 10.3. The molecule has 0 radical (unpaired) electrons. The molecule has 0 aromatic heterocycles. The number of carbonyl (C=O) groups excluding carboxylic acids is 1. The van der Waals surface area contributed by atoms with Crippen LogP contribution in [-0.4, -0.2) is 47.9 Å². The lowest BCUT2D eigenvalue weighted by molar-refractivity contribution is -0.140.